The summed E-state index contributed by atoms with van der Waals surface area (Å²) in [6.07, 6.45) is -5.10. The number of nitrogens with zero attached hydrogens (tertiary/aromatic N) is 5. The van der Waals surface area contributed by atoms with Gasteiger partial charge in [-0.15, -0.1) is 0 Å². The molecule has 1 saturated carbocycles. The lowest BCUT2D eigenvalue weighted by Gasteiger charge is -2.32. The van der Waals surface area contributed by atoms with Crippen molar-refractivity contribution in [1.82, 2.24) is 19.7 Å². The van der Waals surface area contributed by atoms with E-state index >= 15 is 0 Å². The molecule has 32 heavy (non-hydrogen) atoms. The zero-order valence-corrected chi connectivity index (χ0v) is 16.7. The summed E-state index contributed by atoms with van der Waals surface area (Å²) in [6, 6.07) is 4.65. The number of aliphatic hydroxyl groups is 2. The highest BCUT2D eigenvalue weighted by atomic mass is 19.4. The van der Waals surface area contributed by atoms with Gasteiger partial charge in [0.25, 0.3) is 0 Å². The van der Waals surface area contributed by atoms with Crippen molar-refractivity contribution in [2.75, 3.05) is 23.3 Å². The Bertz CT molecular complexity index is 1140. The molecule has 3 N–H and O–H groups in total. The van der Waals surface area contributed by atoms with Gasteiger partial charge in [-0.1, -0.05) is 6.07 Å². The molecule has 2 aromatic heterocycles. The summed E-state index contributed by atoms with van der Waals surface area (Å²) in [6.45, 7) is -0.0623. The standard InChI is InChI=1S/C20H20F4N6O2/c21-15-8-29(9-16(15)32)17-14-7-25-30(12-3-1-2-10(4-12)20(22,23)24)18(14)28-19(27-17)26-11-5-13(31)6-11/h1-4,7,11,13,15-16,31-32H,5-6,8-9H2,(H,26,27,28)/t11?,13?,15-,16-/m0/s1. The van der Waals surface area contributed by atoms with Crippen molar-refractivity contribution in [3.8, 4) is 5.69 Å². The van der Waals surface area contributed by atoms with Crippen LogP contribution in [0.15, 0.2) is 30.5 Å². The minimum absolute atomic E-state index is 0.0175. The van der Waals surface area contributed by atoms with Gasteiger partial charge >= 0.3 is 6.18 Å². The Hall–Kier alpha value is -2.99. The van der Waals surface area contributed by atoms with Crippen molar-refractivity contribution in [3.63, 3.8) is 0 Å². The molecule has 5 rings (SSSR count). The Kier molecular flexibility index (Phi) is 4.93. The monoisotopic (exact) mass is 452 g/mol. The molecule has 2 atom stereocenters. The largest absolute Gasteiger partial charge is 0.416 e. The second-order valence-corrected chi connectivity index (χ2v) is 8.17. The highest BCUT2D eigenvalue weighted by Gasteiger charge is 2.35. The van der Waals surface area contributed by atoms with Crippen molar-refractivity contribution in [2.45, 2.75) is 43.4 Å². The molecule has 1 aromatic carbocycles. The number of fused-ring (bicyclic) bond motifs is 1. The average molecular weight is 452 g/mol. The fourth-order valence-electron chi connectivity index (χ4n) is 4.01. The Morgan fingerprint density at radius 3 is 2.53 bits per heavy atom. The van der Waals surface area contributed by atoms with Gasteiger partial charge < -0.3 is 20.4 Å². The molecule has 0 amide bonds. The summed E-state index contributed by atoms with van der Waals surface area (Å²) in [7, 11) is 0. The number of β-amino-alcohol motifs (C(OH)–C–C–N with tert-alkyl or cyclic N) is 1. The van der Waals surface area contributed by atoms with Crippen molar-refractivity contribution in [3.05, 3.63) is 36.0 Å². The van der Waals surface area contributed by atoms with Gasteiger partial charge in [0.05, 0.1) is 35.5 Å². The van der Waals surface area contributed by atoms with Crippen LogP contribution in [-0.4, -0.2) is 67.5 Å². The van der Waals surface area contributed by atoms with Crippen molar-refractivity contribution in [2.24, 2.45) is 0 Å². The van der Waals surface area contributed by atoms with Gasteiger partial charge in [-0.2, -0.15) is 28.2 Å². The van der Waals surface area contributed by atoms with E-state index in [0.29, 0.717) is 24.0 Å². The van der Waals surface area contributed by atoms with Crippen LogP contribution in [0.25, 0.3) is 16.7 Å². The molecule has 1 aliphatic heterocycles. The van der Waals surface area contributed by atoms with E-state index < -0.39 is 30.1 Å². The fourth-order valence-corrected chi connectivity index (χ4v) is 4.01. The molecule has 3 heterocycles. The first-order valence-electron chi connectivity index (χ1n) is 10.1. The SMILES string of the molecule is OC1CC(Nc2nc(N3C[C@H](O)[C@@H](F)C3)c3cnn(-c4cccc(C(F)(F)F)c4)c3n2)C1. The number of rotatable bonds is 4. The van der Waals surface area contributed by atoms with Gasteiger partial charge in [-0.25, -0.2) is 9.07 Å². The minimum Gasteiger partial charge on any atom is -0.393 e. The minimum atomic E-state index is -4.52. The first kappa shape index (κ1) is 20.9. The molecular formula is C20H20F4N6O2. The van der Waals surface area contributed by atoms with Gasteiger partial charge in [0.15, 0.2) is 5.65 Å². The van der Waals surface area contributed by atoms with Crippen LogP contribution in [0.4, 0.5) is 29.3 Å². The van der Waals surface area contributed by atoms with E-state index in [1.165, 1.54) is 23.0 Å². The number of halogens is 4. The number of nitrogens with one attached hydrogen (secondary N) is 1. The predicted octanol–water partition coefficient (Wildman–Crippen LogP) is 2.29. The summed E-state index contributed by atoms with van der Waals surface area (Å²) >= 11 is 0. The summed E-state index contributed by atoms with van der Waals surface area (Å²) in [5.41, 5.74) is -0.416. The normalized spacial score (nSPS) is 25.9. The number of hydrogen-bond acceptors (Lipinski definition) is 7. The van der Waals surface area contributed by atoms with E-state index in [-0.39, 0.29) is 36.4 Å². The van der Waals surface area contributed by atoms with Crippen molar-refractivity contribution < 1.29 is 27.8 Å². The molecule has 0 unspecified atom stereocenters. The van der Waals surface area contributed by atoms with E-state index in [2.05, 4.69) is 20.4 Å². The van der Waals surface area contributed by atoms with Crippen LogP contribution in [-0.2, 0) is 6.18 Å². The summed E-state index contributed by atoms with van der Waals surface area (Å²) < 4.78 is 54.9. The Labute approximate surface area is 179 Å². The van der Waals surface area contributed by atoms with Gasteiger partial charge in [-0.3, -0.25) is 0 Å². The Morgan fingerprint density at radius 1 is 1.09 bits per heavy atom. The molecule has 0 bridgehead atoms. The van der Waals surface area contributed by atoms with Crippen LogP contribution >= 0.6 is 0 Å². The lowest BCUT2D eigenvalue weighted by atomic mass is 9.90. The molecule has 3 aromatic rings. The van der Waals surface area contributed by atoms with Gasteiger partial charge in [0.1, 0.15) is 18.1 Å². The zero-order valence-electron chi connectivity index (χ0n) is 16.7. The lowest BCUT2D eigenvalue weighted by Crippen LogP contribution is -2.39. The maximum Gasteiger partial charge on any atom is 0.416 e. The average Bonchev–Trinajstić information content (AvgIpc) is 3.29. The number of hydrogen-bond donors (Lipinski definition) is 3. The molecule has 0 radical (unpaired) electrons. The number of aliphatic hydroxyl groups excluding tert-OH is 2. The predicted molar refractivity (Wildman–Crippen MR) is 107 cm³/mol. The van der Waals surface area contributed by atoms with E-state index in [1.807, 2.05) is 0 Å². The number of alkyl halides is 4. The third-order valence-corrected chi connectivity index (χ3v) is 5.79. The molecule has 0 spiro atoms. The maximum absolute atomic E-state index is 14.0. The Morgan fingerprint density at radius 2 is 1.88 bits per heavy atom. The Balaban J connectivity index is 1.60. The van der Waals surface area contributed by atoms with Crippen LogP contribution in [0, 0.1) is 0 Å². The second kappa shape index (κ2) is 7.55. The van der Waals surface area contributed by atoms with Crippen LogP contribution in [0.5, 0.6) is 0 Å². The van der Waals surface area contributed by atoms with Gasteiger partial charge in [-0.05, 0) is 31.0 Å². The fraction of sp³-hybridized carbons (Fsp3) is 0.450. The van der Waals surface area contributed by atoms with E-state index in [4.69, 9.17) is 0 Å². The molecule has 8 nitrogen and oxygen atoms in total. The third kappa shape index (κ3) is 3.73. The molecular weight excluding hydrogens is 432 g/mol. The topological polar surface area (TPSA) is 99.3 Å². The number of aromatic nitrogens is 4. The molecule has 1 saturated heterocycles. The van der Waals surface area contributed by atoms with E-state index in [0.717, 1.165) is 12.1 Å². The molecule has 170 valence electrons. The third-order valence-electron chi connectivity index (χ3n) is 5.79. The first-order chi connectivity index (χ1) is 15.2. The van der Waals surface area contributed by atoms with E-state index in [9.17, 15) is 27.8 Å². The summed E-state index contributed by atoms with van der Waals surface area (Å²) in [5.74, 6) is 0.518. The van der Waals surface area contributed by atoms with Crippen LogP contribution in [0.2, 0.25) is 0 Å². The van der Waals surface area contributed by atoms with E-state index in [1.54, 1.807) is 4.90 Å². The first-order valence-corrected chi connectivity index (χ1v) is 10.1. The van der Waals surface area contributed by atoms with Crippen molar-refractivity contribution in [1.29, 1.82) is 0 Å². The van der Waals surface area contributed by atoms with Crippen molar-refractivity contribution >= 4 is 22.8 Å². The second-order valence-electron chi connectivity index (χ2n) is 8.17. The molecule has 2 aliphatic rings. The molecule has 2 fully saturated rings. The molecule has 12 heteroatoms. The van der Waals surface area contributed by atoms with Crippen LogP contribution in [0.1, 0.15) is 18.4 Å². The smallest absolute Gasteiger partial charge is 0.393 e. The zero-order chi connectivity index (χ0) is 22.6. The summed E-state index contributed by atoms with van der Waals surface area (Å²) in [4.78, 5) is 10.5. The highest BCUT2D eigenvalue weighted by molar-refractivity contribution is 5.89. The van der Waals surface area contributed by atoms with Gasteiger partial charge in [0.2, 0.25) is 5.95 Å². The lowest BCUT2D eigenvalue weighted by molar-refractivity contribution is -0.137. The number of benzene rings is 1. The van der Waals surface area contributed by atoms with Gasteiger partial charge in [0, 0.05) is 12.6 Å². The van der Waals surface area contributed by atoms with Crippen LogP contribution in [0.3, 0.4) is 0 Å². The highest BCUT2D eigenvalue weighted by Crippen LogP contribution is 2.33. The van der Waals surface area contributed by atoms with Crippen LogP contribution < -0.4 is 10.2 Å². The summed E-state index contributed by atoms with van der Waals surface area (Å²) in [5, 5.41) is 27.1. The quantitative estimate of drug-likeness (QED) is 0.523. The molecule has 1 aliphatic carbocycles. The maximum atomic E-state index is 14.0. The number of anilines is 2.